The van der Waals surface area contributed by atoms with E-state index in [1.54, 1.807) is 0 Å². The van der Waals surface area contributed by atoms with E-state index in [2.05, 4.69) is 26.1 Å². The summed E-state index contributed by atoms with van der Waals surface area (Å²) in [7, 11) is 0. The summed E-state index contributed by atoms with van der Waals surface area (Å²) in [4.78, 5) is 0. The third kappa shape index (κ3) is 3.44. The maximum atomic E-state index is 14.0. The Bertz CT molecular complexity index is 662. The Kier molecular flexibility index (Phi) is 5.00. The number of aryl methyl sites for hydroxylation is 2. The molecule has 0 aliphatic carbocycles. The van der Waals surface area contributed by atoms with Gasteiger partial charge in [0.1, 0.15) is 11.6 Å². The predicted octanol–water partition coefficient (Wildman–Crippen LogP) is 3.63. The lowest BCUT2D eigenvalue weighted by Crippen LogP contribution is -2.18. The molecule has 0 saturated heterocycles. The fourth-order valence-corrected chi connectivity index (χ4v) is 2.59. The van der Waals surface area contributed by atoms with Crippen molar-refractivity contribution in [2.75, 3.05) is 0 Å². The van der Waals surface area contributed by atoms with Crippen LogP contribution < -0.4 is 5.73 Å². The molecule has 0 amide bonds. The summed E-state index contributed by atoms with van der Waals surface area (Å²) in [5.41, 5.74) is 8.39. The van der Waals surface area contributed by atoms with Gasteiger partial charge < -0.3 is 5.73 Å². The number of rotatable bonds is 4. The fourth-order valence-electron chi connectivity index (χ4n) is 2.22. The van der Waals surface area contributed by atoms with Gasteiger partial charge in [0, 0.05) is 11.6 Å². The van der Waals surface area contributed by atoms with Gasteiger partial charge in [0.25, 0.3) is 0 Å². The standard InChI is InChI=1S/C15H16BrF2N3/c1-3-14-10(6-8(2)20-21-14)13(19)7-9-12(17)5-4-11(16)15(9)18/h4-6,13H,3,7,19H2,1-2H3. The Labute approximate surface area is 130 Å². The van der Waals surface area contributed by atoms with E-state index in [1.165, 1.54) is 12.1 Å². The summed E-state index contributed by atoms with van der Waals surface area (Å²) < 4.78 is 28.1. The van der Waals surface area contributed by atoms with Gasteiger partial charge in [-0.15, -0.1) is 0 Å². The highest BCUT2D eigenvalue weighted by Crippen LogP contribution is 2.26. The first kappa shape index (κ1) is 16.0. The minimum absolute atomic E-state index is 0.0200. The van der Waals surface area contributed by atoms with Crippen LogP contribution in [-0.2, 0) is 12.8 Å². The molecule has 0 aliphatic heterocycles. The van der Waals surface area contributed by atoms with Crippen molar-refractivity contribution in [3.8, 4) is 0 Å². The number of aromatic nitrogens is 2. The van der Waals surface area contributed by atoms with Gasteiger partial charge in [-0.1, -0.05) is 6.92 Å². The highest BCUT2D eigenvalue weighted by Gasteiger charge is 2.19. The van der Waals surface area contributed by atoms with E-state index < -0.39 is 17.7 Å². The van der Waals surface area contributed by atoms with Crippen molar-refractivity contribution in [3.05, 3.63) is 56.8 Å². The molecule has 1 aromatic carbocycles. The van der Waals surface area contributed by atoms with Crippen LogP contribution in [0, 0.1) is 18.6 Å². The average molecular weight is 356 g/mol. The summed E-state index contributed by atoms with van der Waals surface area (Å²) in [6.07, 6.45) is 0.731. The summed E-state index contributed by atoms with van der Waals surface area (Å²) in [5.74, 6) is -1.20. The van der Waals surface area contributed by atoms with Crippen LogP contribution in [-0.4, -0.2) is 10.2 Å². The van der Waals surface area contributed by atoms with Gasteiger partial charge in [-0.05, 0) is 59.5 Å². The second-order valence-electron chi connectivity index (χ2n) is 4.87. The third-order valence-corrected chi connectivity index (χ3v) is 3.94. The van der Waals surface area contributed by atoms with Crippen LogP contribution in [0.5, 0.6) is 0 Å². The number of hydrogen-bond acceptors (Lipinski definition) is 3. The van der Waals surface area contributed by atoms with Crippen LogP contribution in [0.2, 0.25) is 0 Å². The van der Waals surface area contributed by atoms with Crippen molar-refractivity contribution in [2.45, 2.75) is 32.7 Å². The molecule has 1 unspecified atom stereocenters. The van der Waals surface area contributed by atoms with Crippen molar-refractivity contribution < 1.29 is 8.78 Å². The van der Waals surface area contributed by atoms with Crippen LogP contribution in [0.25, 0.3) is 0 Å². The van der Waals surface area contributed by atoms with Crippen LogP contribution in [0.15, 0.2) is 22.7 Å². The zero-order valence-electron chi connectivity index (χ0n) is 11.8. The molecule has 2 rings (SSSR count). The zero-order chi connectivity index (χ0) is 15.6. The van der Waals surface area contributed by atoms with E-state index in [9.17, 15) is 8.78 Å². The summed E-state index contributed by atoms with van der Waals surface area (Å²) in [5, 5.41) is 8.08. The first-order chi connectivity index (χ1) is 9.93. The van der Waals surface area contributed by atoms with Gasteiger partial charge in [0.15, 0.2) is 0 Å². The van der Waals surface area contributed by atoms with Crippen LogP contribution in [0.4, 0.5) is 8.78 Å². The molecule has 0 aliphatic rings. The Morgan fingerprint density at radius 2 is 2.00 bits per heavy atom. The van der Waals surface area contributed by atoms with E-state index in [-0.39, 0.29) is 16.5 Å². The normalized spacial score (nSPS) is 12.5. The molecule has 21 heavy (non-hydrogen) atoms. The van der Waals surface area contributed by atoms with Gasteiger partial charge in [0.2, 0.25) is 0 Å². The molecule has 0 fully saturated rings. The van der Waals surface area contributed by atoms with Gasteiger partial charge in [-0.25, -0.2) is 8.78 Å². The predicted molar refractivity (Wildman–Crippen MR) is 80.8 cm³/mol. The van der Waals surface area contributed by atoms with Gasteiger partial charge in [-0.3, -0.25) is 0 Å². The maximum Gasteiger partial charge on any atom is 0.143 e. The molecule has 2 aromatic rings. The fraction of sp³-hybridized carbons (Fsp3) is 0.333. The van der Waals surface area contributed by atoms with Gasteiger partial charge in [0.05, 0.1) is 15.9 Å². The van der Waals surface area contributed by atoms with Crippen LogP contribution >= 0.6 is 15.9 Å². The van der Waals surface area contributed by atoms with Gasteiger partial charge in [-0.2, -0.15) is 10.2 Å². The molecule has 0 spiro atoms. The second-order valence-corrected chi connectivity index (χ2v) is 5.73. The lowest BCUT2D eigenvalue weighted by molar-refractivity contribution is 0.534. The van der Waals surface area contributed by atoms with Gasteiger partial charge >= 0.3 is 0 Å². The summed E-state index contributed by atoms with van der Waals surface area (Å²) in [6, 6.07) is 3.86. The highest BCUT2D eigenvalue weighted by molar-refractivity contribution is 9.10. The van der Waals surface area contributed by atoms with E-state index in [0.29, 0.717) is 6.42 Å². The molecule has 112 valence electrons. The molecule has 0 bridgehead atoms. The number of nitrogens with zero attached hydrogens (tertiary/aromatic N) is 2. The molecule has 3 nitrogen and oxygen atoms in total. The van der Waals surface area contributed by atoms with E-state index in [1.807, 2.05) is 19.9 Å². The quantitative estimate of drug-likeness (QED) is 0.852. The monoisotopic (exact) mass is 355 g/mol. The lowest BCUT2D eigenvalue weighted by atomic mass is 9.97. The first-order valence-electron chi connectivity index (χ1n) is 6.65. The average Bonchev–Trinajstić information content (AvgIpc) is 2.47. The molecule has 6 heteroatoms. The summed E-state index contributed by atoms with van der Waals surface area (Å²) >= 11 is 3.06. The largest absolute Gasteiger partial charge is 0.324 e. The molecule has 0 saturated carbocycles. The van der Waals surface area contributed by atoms with Crippen molar-refractivity contribution in [2.24, 2.45) is 5.73 Å². The Morgan fingerprint density at radius 1 is 1.29 bits per heavy atom. The molecule has 1 atom stereocenters. The minimum atomic E-state index is -0.609. The number of nitrogens with two attached hydrogens (primary N) is 1. The number of benzene rings is 1. The van der Waals surface area contributed by atoms with Crippen molar-refractivity contribution in [1.82, 2.24) is 10.2 Å². The Hall–Kier alpha value is -1.40. The minimum Gasteiger partial charge on any atom is -0.324 e. The number of halogens is 3. The van der Waals surface area contributed by atoms with E-state index in [4.69, 9.17) is 5.73 Å². The van der Waals surface area contributed by atoms with Crippen molar-refractivity contribution >= 4 is 15.9 Å². The topological polar surface area (TPSA) is 51.8 Å². The Morgan fingerprint density at radius 3 is 2.67 bits per heavy atom. The highest BCUT2D eigenvalue weighted by atomic mass is 79.9. The molecule has 0 radical (unpaired) electrons. The molecule has 2 N–H and O–H groups in total. The van der Waals surface area contributed by atoms with Crippen molar-refractivity contribution in [1.29, 1.82) is 0 Å². The van der Waals surface area contributed by atoms with E-state index in [0.717, 1.165) is 17.0 Å². The first-order valence-corrected chi connectivity index (χ1v) is 7.44. The van der Waals surface area contributed by atoms with Crippen molar-refractivity contribution in [3.63, 3.8) is 0 Å². The summed E-state index contributed by atoms with van der Waals surface area (Å²) in [6.45, 7) is 3.75. The molecular weight excluding hydrogens is 340 g/mol. The van der Waals surface area contributed by atoms with E-state index >= 15 is 0 Å². The zero-order valence-corrected chi connectivity index (χ0v) is 13.4. The molecule has 1 aromatic heterocycles. The Balaban J connectivity index is 2.37. The second kappa shape index (κ2) is 6.58. The SMILES string of the molecule is CCc1nnc(C)cc1C(N)Cc1c(F)ccc(Br)c1F. The van der Waals surface area contributed by atoms with Crippen LogP contribution in [0.1, 0.15) is 35.5 Å². The molecular formula is C15H16BrF2N3. The third-order valence-electron chi connectivity index (χ3n) is 3.32. The number of hydrogen-bond donors (Lipinski definition) is 1. The smallest absolute Gasteiger partial charge is 0.143 e. The lowest BCUT2D eigenvalue weighted by Gasteiger charge is -2.16. The van der Waals surface area contributed by atoms with Crippen LogP contribution in [0.3, 0.4) is 0 Å². The molecule has 1 heterocycles. The maximum absolute atomic E-state index is 14.0.